The molecule has 0 heterocycles. The van der Waals surface area contributed by atoms with Crippen molar-refractivity contribution in [2.24, 2.45) is 0 Å². The summed E-state index contributed by atoms with van der Waals surface area (Å²) in [6, 6.07) is 2.08. The van der Waals surface area contributed by atoms with Crippen LogP contribution in [0.3, 0.4) is 0 Å². The molecule has 0 atom stereocenters. The van der Waals surface area contributed by atoms with Gasteiger partial charge in [-0.3, -0.25) is 10.1 Å². The molecule has 0 aliphatic heterocycles. The molecular weight excluding hydrogens is 217 g/mol. The summed E-state index contributed by atoms with van der Waals surface area (Å²) in [5.74, 6) is -1.91. The summed E-state index contributed by atoms with van der Waals surface area (Å²) in [4.78, 5) is 20.1. The fourth-order valence-electron chi connectivity index (χ4n) is 1.16. The molecule has 0 aromatic heterocycles. The van der Waals surface area contributed by atoms with Crippen molar-refractivity contribution in [2.45, 2.75) is 6.92 Å². The van der Waals surface area contributed by atoms with E-state index in [1.54, 1.807) is 0 Å². The molecule has 0 unspecified atom stereocenters. The summed E-state index contributed by atoms with van der Waals surface area (Å²) < 4.78 is 13.4. The average Bonchev–Trinajstić information content (AvgIpc) is 2.19. The Morgan fingerprint density at radius 3 is 2.69 bits per heavy atom. The lowest BCUT2D eigenvalue weighted by Gasteiger charge is -2.01. The number of halogens is 1. The van der Waals surface area contributed by atoms with Gasteiger partial charge in [0.1, 0.15) is 5.82 Å². The number of hydrogen-bond donors (Lipinski definition) is 1. The SMILES string of the molecule is Cc1cc([N+](=O)[O-])cc(/C=C/C(=O)O)c1F. The van der Waals surface area contributed by atoms with Crippen LogP contribution in [0, 0.1) is 22.9 Å². The zero-order valence-corrected chi connectivity index (χ0v) is 8.31. The maximum absolute atomic E-state index is 13.4. The highest BCUT2D eigenvalue weighted by atomic mass is 19.1. The molecule has 84 valence electrons. The van der Waals surface area contributed by atoms with Crippen LogP contribution in [-0.2, 0) is 4.79 Å². The number of aryl methyl sites for hydroxylation is 1. The molecule has 0 aliphatic rings. The molecule has 16 heavy (non-hydrogen) atoms. The monoisotopic (exact) mass is 225 g/mol. The van der Waals surface area contributed by atoms with Gasteiger partial charge in [-0.2, -0.15) is 0 Å². The van der Waals surface area contributed by atoms with Crippen LogP contribution in [-0.4, -0.2) is 16.0 Å². The van der Waals surface area contributed by atoms with E-state index in [0.717, 1.165) is 24.3 Å². The van der Waals surface area contributed by atoms with E-state index in [-0.39, 0.29) is 16.8 Å². The fourth-order valence-corrected chi connectivity index (χ4v) is 1.16. The Kier molecular flexibility index (Phi) is 3.34. The molecule has 0 saturated carbocycles. The van der Waals surface area contributed by atoms with Gasteiger partial charge in [-0.1, -0.05) is 0 Å². The highest BCUT2D eigenvalue weighted by Crippen LogP contribution is 2.21. The van der Waals surface area contributed by atoms with E-state index >= 15 is 0 Å². The largest absolute Gasteiger partial charge is 0.478 e. The fraction of sp³-hybridized carbons (Fsp3) is 0.100. The highest BCUT2D eigenvalue weighted by Gasteiger charge is 2.12. The maximum Gasteiger partial charge on any atom is 0.328 e. The van der Waals surface area contributed by atoms with Crippen molar-refractivity contribution in [2.75, 3.05) is 0 Å². The van der Waals surface area contributed by atoms with E-state index in [9.17, 15) is 19.3 Å². The third kappa shape index (κ3) is 2.63. The van der Waals surface area contributed by atoms with Crippen molar-refractivity contribution in [3.8, 4) is 0 Å². The molecule has 6 heteroatoms. The second kappa shape index (κ2) is 4.52. The van der Waals surface area contributed by atoms with Gasteiger partial charge in [0.05, 0.1) is 4.92 Å². The first-order valence-corrected chi connectivity index (χ1v) is 4.27. The van der Waals surface area contributed by atoms with Gasteiger partial charge in [-0.05, 0) is 18.6 Å². The summed E-state index contributed by atoms with van der Waals surface area (Å²) in [7, 11) is 0. The van der Waals surface area contributed by atoms with Crippen LogP contribution < -0.4 is 0 Å². The second-order valence-electron chi connectivity index (χ2n) is 3.09. The predicted molar refractivity (Wildman–Crippen MR) is 54.5 cm³/mol. The van der Waals surface area contributed by atoms with Crippen LogP contribution in [0.4, 0.5) is 10.1 Å². The van der Waals surface area contributed by atoms with Gasteiger partial charge in [0.2, 0.25) is 0 Å². The first kappa shape index (κ1) is 11.8. The highest BCUT2D eigenvalue weighted by molar-refractivity contribution is 5.85. The third-order valence-corrected chi connectivity index (χ3v) is 1.88. The quantitative estimate of drug-likeness (QED) is 0.485. The number of aliphatic carboxylic acids is 1. The molecule has 0 spiro atoms. The minimum atomic E-state index is -1.25. The van der Waals surface area contributed by atoms with E-state index < -0.39 is 16.7 Å². The Morgan fingerprint density at radius 1 is 1.56 bits per heavy atom. The Hall–Kier alpha value is -2.24. The van der Waals surface area contributed by atoms with Crippen LogP contribution in [0.15, 0.2) is 18.2 Å². The molecular formula is C10H8FNO4. The molecule has 0 aliphatic carbocycles. The minimum absolute atomic E-state index is 0.0965. The van der Waals surface area contributed by atoms with E-state index in [4.69, 9.17) is 5.11 Å². The molecule has 0 amide bonds. The Labute approximate surface area is 90.0 Å². The predicted octanol–water partition coefficient (Wildman–Crippen LogP) is 2.14. The number of carbonyl (C=O) groups is 1. The number of nitro benzene ring substituents is 1. The second-order valence-corrected chi connectivity index (χ2v) is 3.09. The normalized spacial score (nSPS) is 10.6. The van der Waals surface area contributed by atoms with Gasteiger partial charge in [-0.15, -0.1) is 0 Å². The van der Waals surface area contributed by atoms with Crippen molar-refractivity contribution in [3.05, 3.63) is 45.3 Å². The van der Waals surface area contributed by atoms with Gasteiger partial charge < -0.3 is 5.11 Å². The summed E-state index contributed by atoms with van der Waals surface area (Å²) in [6.07, 6.45) is 1.71. The number of carboxylic acid groups (broad SMARTS) is 1. The number of non-ortho nitro benzene ring substituents is 1. The molecule has 1 rings (SSSR count). The smallest absolute Gasteiger partial charge is 0.328 e. The number of nitrogens with zero attached hydrogens (tertiary/aromatic N) is 1. The molecule has 1 aromatic carbocycles. The molecule has 0 bridgehead atoms. The Bertz CT molecular complexity index is 482. The van der Waals surface area contributed by atoms with Crippen LogP contribution >= 0.6 is 0 Å². The van der Waals surface area contributed by atoms with E-state index in [1.807, 2.05) is 0 Å². The minimum Gasteiger partial charge on any atom is -0.478 e. The van der Waals surface area contributed by atoms with Crippen LogP contribution in [0.5, 0.6) is 0 Å². The van der Waals surface area contributed by atoms with Gasteiger partial charge in [0.25, 0.3) is 5.69 Å². The van der Waals surface area contributed by atoms with Crippen molar-refractivity contribution in [1.29, 1.82) is 0 Å². The van der Waals surface area contributed by atoms with Gasteiger partial charge >= 0.3 is 5.97 Å². The Balaban J connectivity index is 3.27. The summed E-state index contributed by atoms with van der Waals surface area (Å²) in [5, 5.41) is 18.9. The van der Waals surface area contributed by atoms with Gasteiger partial charge in [-0.25, -0.2) is 9.18 Å². The van der Waals surface area contributed by atoms with Gasteiger partial charge in [0, 0.05) is 23.8 Å². The van der Waals surface area contributed by atoms with Crippen molar-refractivity contribution < 1.29 is 19.2 Å². The van der Waals surface area contributed by atoms with Crippen LogP contribution in [0.1, 0.15) is 11.1 Å². The molecule has 0 radical (unpaired) electrons. The molecule has 1 N–H and O–H groups in total. The molecule has 0 fully saturated rings. The molecule has 0 saturated heterocycles. The zero-order chi connectivity index (χ0) is 12.3. The van der Waals surface area contributed by atoms with Crippen LogP contribution in [0.2, 0.25) is 0 Å². The third-order valence-electron chi connectivity index (χ3n) is 1.88. The van der Waals surface area contributed by atoms with Crippen molar-refractivity contribution in [3.63, 3.8) is 0 Å². The summed E-state index contributed by atoms with van der Waals surface area (Å²) in [6.45, 7) is 1.38. The maximum atomic E-state index is 13.4. The topological polar surface area (TPSA) is 80.4 Å². The zero-order valence-electron chi connectivity index (χ0n) is 8.31. The lowest BCUT2D eigenvalue weighted by Crippen LogP contribution is -1.95. The average molecular weight is 225 g/mol. The van der Waals surface area contributed by atoms with Gasteiger partial charge in [0.15, 0.2) is 0 Å². The van der Waals surface area contributed by atoms with Crippen molar-refractivity contribution in [1.82, 2.24) is 0 Å². The van der Waals surface area contributed by atoms with E-state index in [2.05, 4.69) is 0 Å². The first-order chi connectivity index (χ1) is 7.41. The summed E-state index contributed by atoms with van der Waals surface area (Å²) in [5.41, 5.74) is -0.294. The molecule has 1 aromatic rings. The number of rotatable bonds is 3. The standard InChI is InChI=1S/C10H8FNO4/c1-6-4-8(12(15)16)5-7(10(6)11)2-3-9(13)14/h2-5H,1H3,(H,13,14)/b3-2+. The summed E-state index contributed by atoms with van der Waals surface area (Å²) >= 11 is 0. The lowest BCUT2D eigenvalue weighted by molar-refractivity contribution is -0.385. The van der Waals surface area contributed by atoms with Crippen molar-refractivity contribution >= 4 is 17.7 Å². The molecule has 5 nitrogen and oxygen atoms in total. The van der Waals surface area contributed by atoms with E-state index in [1.165, 1.54) is 6.92 Å². The first-order valence-electron chi connectivity index (χ1n) is 4.27. The Morgan fingerprint density at radius 2 is 2.19 bits per heavy atom. The number of carboxylic acids is 1. The number of benzene rings is 1. The van der Waals surface area contributed by atoms with Crippen LogP contribution in [0.25, 0.3) is 6.08 Å². The lowest BCUT2D eigenvalue weighted by atomic mass is 10.1. The number of hydrogen-bond acceptors (Lipinski definition) is 3. The van der Waals surface area contributed by atoms with E-state index in [0.29, 0.717) is 0 Å². The number of nitro groups is 1.